The number of aromatic nitrogens is 1. The standard InChI is InChI=1S/C29H28N4O5S/c1-21(19-28(34)35)33(39(36)37)32-17-15-31(16-18-32)25-13-11-22(12-14-25)9-10-23-5-4-6-24(20-23)29-30-26-7-2-3-8-27(26)38-29/h2-8,11-14,20-21H,15-19H2,1H3,(H,34,35)(H,36,37)/p-1. The number of nitrogens with zero attached hydrogens (tertiary/aromatic N) is 4. The normalized spacial score (nSPS) is 15.6. The van der Waals surface area contributed by atoms with Crippen LogP contribution in [0.1, 0.15) is 24.5 Å². The number of carbonyl (C=O) groups is 1. The van der Waals surface area contributed by atoms with Gasteiger partial charge in [0.05, 0.1) is 6.42 Å². The van der Waals surface area contributed by atoms with Crippen molar-refractivity contribution in [1.29, 1.82) is 0 Å². The van der Waals surface area contributed by atoms with Crippen LogP contribution in [0.5, 0.6) is 0 Å². The molecule has 10 heteroatoms. The van der Waals surface area contributed by atoms with Crippen molar-refractivity contribution in [1.82, 2.24) is 14.4 Å². The molecular formula is C29H27N4O5S-. The molecule has 200 valence electrons. The summed E-state index contributed by atoms with van der Waals surface area (Å²) in [5.41, 5.74) is 5.18. The van der Waals surface area contributed by atoms with Gasteiger partial charge in [-0.25, -0.2) is 9.99 Å². The lowest BCUT2D eigenvalue weighted by molar-refractivity contribution is -0.139. The second kappa shape index (κ2) is 11.8. The predicted octanol–water partition coefficient (Wildman–Crippen LogP) is 3.89. The van der Waals surface area contributed by atoms with Crippen molar-refractivity contribution in [2.75, 3.05) is 31.1 Å². The molecule has 1 saturated heterocycles. The summed E-state index contributed by atoms with van der Waals surface area (Å²) in [5.74, 6) is 5.95. The Morgan fingerprint density at radius 3 is 2.46 bits per heavy atom. The highest BCUT2D eigenvalue weighted by atomic mass is 32.2. The second-order valence-electron chi connectivity index (χ2n) is 9.27. The molecule has 1 aromatic heterocycles. The van der Waals surface area contributed by atoms with Crippen LogP contribution in [0.25, 0.3) is 22.6 Å². The number of carboxylic acid groups (broad SMARTS) is 1. The van der Waals surface area contributed by atoms with Gasteiger partial charge >= 0.3 is 5.97 Å². The van der Waals surface area contributed by atoms with Gasteiger partial charge in [0.1, 0.15) is 5.52 Å². The smallest absolute Gasteiger partial charge is 0.305 e. The maximum absolute atomic E-state index is 11.8. The first kappa shape index (κ1) is 26.6. The number of anilines is 1. The van der Waals surface area contributed by atoms with E-state index in [1.807, 2.05) is 72.8 Å². The van der Waals surface area contributed by atoms with Crippen LogP contribution in [-0.2, 0) is 16.1 Å². The molecule has 1 N–H and O–H groups in total. The van der Waals surface area contributed by atoms with Gasteiger partial charge in [0.25, 0.3) is 0 Å². The zero-order valence-corrected chi connectivity index (χ0v) is 22.1. The third kappa shape index (κ3) is 6.35. The van der Waals surface area contributed by atoms with Crippen molar-refractivity contribution in [3.63, 3.8) is 0 Å². The molecule has 1 aliphatic heterocycles. The highest BCUT2D eigenvalue weighted by Gasteiger charge is 2.28. The number of aliphatic carboxylic acids is 1. The fourth-order valence-electron chi connectivity index (χ4n) is 4.63. The van der Waals surface area contributed by atoms with Crippen LogP contribution in [-0.4, -0.2) is 66.5 Å². The van der Waals surface area contributed by atoms with E-state index in [0.717, 1.165) is 37.9 Å². The van der Waals surface area contributed by atoms with E-state index in [1.165, 1.54) is 0 Å². The van der Waals surface area contributed by atoms with Gasteiger partial charge in [0, 0.05) is 65.9 Å². The Morgan fingerprint density at radius 1 is 1.05 bits per heavy atom. The SMILES string of the molecule is CC(CC(=O)O)N(N1CCN(c2ccc(C#Cc3cccc(-c4nc5ccccc5o4)c3)cc2)CC1)S(=O)[O-]. The molecule has 2 heterocycles. The molecule has 2 atom stereocenters. The van der Waals surface area contributed by atoms with Crippen LogP contribution >= 0.6 is 0 Å². The van der Waals surface area contributed by atoms with Crippen molar-refractivity contribution >= 4 is 34.0 Å². The molecule has 2 unspecified atom stereocenters. The number of oxazole rings is 1. The number of rotatable bonds is 7. The first-order chi connectivity index (χ1) is 18.9. The summed E-state index contributed by atoms with van der Waals surface area (Å²) in [6, 6.07) is 22.7. The summed E-state index contributed by atoms with van der Waals surface area (Å²) < 4.78 is 30.5. The molecule has 0 bridgehead atoms. The number of hydrazine groups is 1. The molecule has 0 saturated carbocycles. The topological polar surface area (TPSA) is 113 Å². The van der Waals surface area contributed by atoms with Crippen LogP contribution in [0, 0.1) is 11.8 Å². The van der Waals surface area contributed by atoms with Crippen LogP contribution in [0.4, 0.5) is 5.69 Å². The molecule has 4 aromatic rings. The third-order valence-electron chi connectivity index (χ3n) is 6.52. The van der Waals surface area contributed by atoms with Gasteiger partial charge in [0.15, 0.2) is 5.58 Å². The lowest BCUT2D eigenvalue weighted by atomic mass is 10.1. The minimum Gasteiger partial charge on any atom is -0.759 e. The molecule has 9 nitrogen and oxygen atoms in total. The molecule has 3 aromatic carbocycles. The van der Waals surface area contributed by atoms with Gasteiger partial charge in [-0.1, -0.05) is 30.0 Å². The Bertz CT molecular complexity index is 1520. The van der Waals surface area contributed by atoms with Crippen molar-refractivity contribution in [2.45, 2.75) is 19.4 Å². The van der Waals surface area contributed by atoms with Crippen molar-refractivity contribution in [2.24, 2.45) is 0 Å². The maximum atomic E-state index is 11.8. The Hall–Kier alpha value is -4.01. The maximum Gasteiger partial charge on any atom is 0.305 e. The Labute approximate surface area is 229 Å². The van der Waals surface area contributed by atoms with Gasteiger partial charge in [0.2, 0.25) is 5.89 Å². The van der Waals surface area contributed by atoms with Crippen molar-refractivity contribution in [3.8, 4) is 23.3 Å². The number of piperazine rings is 1. The van der Waals surface area contributed by atoms with Crippen LogP contribution in [0.2, 0.25) is 0 Å². The van der Waals surface area contributed by atoms with E-state index < -0.39 is 23.3 Å². The van der Waals surface area contributed by atoms with Crippen LogP contribution < -0.4 is 4.90 Å². The molecule has 1 fully saturated rings. The summed E-state index contributed by atoms with van der Waals surface area (Å²) in [5, 5.41) is 10.7. The van der Waals surface area contributed by atoms with E-state index in [9.17, 15) is 13.6 Å². The van der Waals surface area contributed by atoms with E-state index in [1.54, 1.807) is 11.9 Å². The van der Waals surface area contributed by atoms with Gasteiger partial charge in [-0.3, -0.25) is 9.00 Å². The van der Waals surface area contributed by atoms with Crippen molar-refractivity contribution < 1.29 is 23.1 Å². The summed E-state index contributed by atoms with van der Waals surface area (Å²) in [7, 11) is 0. The third-order valence-corrected chi connectivity index (χ3v) is 7.42. The van der Waals surface area contributed by atoms with Crippen molar-refractivity contribution in [3.05, 3.63) is 83.9 Å². The Morgan fingerprint density at radius 2 is 1.77 bits per heavy atom. The monoisotopic (exact) mass is 543 g/mol. The van der Waals surface area contributed by atoms with E-state index in [-0.39, 0.29) is 6.42 Å². The lowest BCUT2D eigenvalue weighted by Gasteiger charge is -2.44. The summed E-state index contributed by atoms with van der Waals surface area (Å²) in [6.45, 7) is 3.76. The molecular weight excluding hydrogens is 516 g/mol. The van der Waals surface area contributed by atoms with Crippen LogP contribution in [0.3, 0.4) is 0 Å². The largest absolute Gasteiger partial charge is 0.759 e. The highest BCUT2D eigenvalue weighted by Crippen LogP contribution is 2.25. The first-order valence-electron chi connectivity index (χ1n) is 12.6. The van der Waals surface area contributed by atoms with Gasteiger partial charge in [-0.2, -0.15) is 4.41 Å². The number of carboxylic acids is 1. The number of para-hydroxylation sites is 2. The minimum absolute atomic E-state index is 0.252. The zero-order chi connectivity index (χ0) is 27.4. The predicted molar refractivity (Wildman–Crippen MR) is 148 cm³/mol. The Kier molecular flexibility index (Phi) is 8.05. The molecule has 0 amide bonds. The zero-order valence-electron chi connectivity index (χ0n) is 21.3. The summed E-state index contributed by atoms with van der Waals surface area (Å²) in [4.78, 5) is 17.8. The molecule has 39 heavy (non-hydrogen) atoms. The van der Waals surface area contributed by atoms with Crippen LogP contribution in [0.15, 0.2) is 77.2 Å². The minimum atomic E-state index is -2.54. The fourth-order valence-corrected chi connectivity index (χ4v) is 5.35. The van der Waals surface area contributed by atoms with Gasteiger partial charge in [-0.05, 0) is 61.5 Å². The number of hydrogen-bond donors (Lipinski definition) is 1. The molecule has 0 spiro atoms. The lowest BCUT2D eigenvalue weighted by Crippen LogP contribution is -2.57. The Balaban J connectivity index is 1.22. The van der Waals surface area contributed by atoms with E-state index in [4.69, 9.17) is 9.52 Å². The summed E-state index contributed by atoms with van der Waals surface area (Å²) in [6.07, 6.45) is -0.252. The van der Waals surface area contributed by atoms with E-state index >= 15 is 0 Å². The number of hydrogen-bond acceptors (Lipinski definition) is 7. The number of fused-ring (bicyclic) bond motifs is 1. The fraction of sp³-hybridized carbons (Fsp3) is 0.241. The quantitative estimate of drug-likeness (QED) is 0.276. The molecule has 0 aliphatic carbocycles. The van der Waals surface area contributed by atoms with E-state index in [2.05, 4.69) is 21.7 Å². The number of benzene rings is 3. The van der Waals surface area contributed by atoms with Gasteiger partial charge < -0.3 is 19.0 Å². The average Bonchev–Trinajstić information content (AvgIpc) is 3.37. The average molecular weight is 544 g/mol. The first-order valence-corrected chi connectivity index (χ1v) is 13.6. The highest BCUT2D eigenvalue weighted by molar-refractivity contribution is 7.76. The molecule has 0 radical (unpaired) electrons. The summed E-state index contributed by atoms with van der Waals surface area (Å²) >= 11 is -2.54. The molecule has 5 rings (SSSR count). The van der Waals surface area contributed by atoms with Gasteiger partial charge in [-0.15, -0.1) is 0 Å². The van der Waals surface area contributed by atoms with E-state index in [0.29, 0.717) is 32.1 Å². The molecule has 1 aliphatic rings. The second-order valence-corrected chi connectivity index (χ2v) is 10.1.